The van der Waals surface area contributed by atoms with Gasteiger partial charge in [-0.05, 0) is 43.0 Å². The van der Waals surface area contributed by atoms with Crippen molar-refractivity contribution in [2.24, 2.45) is 10.7 Å². The number of unbranched alkanes of at least 4 members (excludes halogenated alkanes) is 1. The number of nitriles is 1. The molecule has 0 radical (unpaired) electrons. The molecule has 6 nitrogen and oxygen atoms in total. The number of aliphatic imine (C=N–C) groups is 1. The summed E-state index contributed by atoms with van der Waals surface area (Å²) in [7, 11) is 0. The molecule has 0 bridgehead atoms. The number of rotatable bonds is 9. The van der Waals surface area contributed by atoms with Crippen molar-refractivity contribution in [3.63, 3.8) is 0 Å². The molecule has 0 aliphatic carbocycles. The van der Waals surface area contributed by atoms with Crippen LogP contribution in [-0.4, -0.2) is 23.2 Å². The van der Waals surface area contributed by atoms with Gasteiger partial charge in [-0.15, -0.1) is 0 Å². The Balaban J connectivity index is 2.16. The molecule has 0 saturated carbocycles. The molecule has 35 heavy (non-hydrogen) atoms. The molecule has 2 aromatic rings. The lowest BCUT2D eigenvalue weighted by Gasteiger charge is -2.34. The van der Waals surface area contributed by atoms with Crippen LogP contribution >= 0.6 is 0 Å². The molecule has 180 valence electrons. The molecule has 0 spiro atoms. The van der Waals surface area contributed by atoms with E-state index in [4.69, 9.17) is 16.0 Å². The lowest BCUT2D eigenvalue weighted by molar-refractivity contribution is -0.117. The number of nitrogens with one attached hydrogen (secondary N) is 1. The maximum atomic E-state index is 11.5. The first-order valence-corrected chi connectivity index (χ1v) is 12.0. The van der Waals surface area contributed by atoms with Crippen LogP contribution in [0, 0.1) is 18.3 Å². The lowest BCUT2D eigenvalue weighted by Crippen LogP contribution is -2.37. The second kappa shape index (κ2) is 12.4. The van der Waals surface area contributed by atoms with Crippen molar-refractivity contribution in [3.05, 3.63) is 94.8 Å². The number of amidine groups is 1. The summed E-state index contributed by atoms with van der Waals surface area (Å²) in [6.07, 6.45) is 8.78. The van der Waals surface area contributed by atoms with E-state index in [0.717, 1.165) is 52.5 Å². The van der Waals surface area contributed by atoms with Gasteiger partial charge in [0.2, 0.25) is 5.91 Å². The highest BCUT2D eigenvalue weighted by Gasteiger charge is 2.25. The zero-order valence-corrected chi connectivity index (χ0v) is 20.7. The zero-order chi connectivity index (χ0) is 25.2. The standard InChI is InChI=1S/C29H33N5O/c1-4-6-11-27-29(32-17-8-16-30)33-25(24-10-7-9-22(18-24)19-28(31)35)20-34(27)26(5-2)23-14-12-21(3)13-15-23/h5,7,9-15,18,20H,4,6,8,17,19H2,1-3H3,(H2,31,35)(H,32,33)/b26-5-,27-11+. The van der Waals surface area contributed by atoms with E-state index in [1.165, 1.54) is 5.56 Å². The van der Waals surface area contributed by atoms with Gasteiger partial charge in [-0.2, -0.15) is 5.26 Å². The number of amides is 1. The van der Waals surface area contributed by atoms with Crippen molar-refractivity contribution in [2.45, 2.75) is 46.5 Å². The van der Waals surface area contributed by atoms with Crippen LogP contribution in [-0.2, 0) is 11.2 Å². The maximum absolute atomic E-state index is 11.5. The van der Waals surface area contributed by atoms with Crippen LogP contribution in [0.4, 0.5) is 0 Å². The van der Waals surface area contributed by atoms with E-state index in [9.17, 15) is 4.79 Å². The summed E-state index contributed by atoms with van der Waals surface area (Å²) >= 11 is 0. The lowest BCUT2D eigenvalue weighted by atomic mass is 10.0. The molecule has 0 saturated heterocycles. The van der Waals surface area contributed by atoms with Crippen molar-refractivity contribution in [3.8, 4) is 6.07 Å². The van der Waals surface area contributed by atoms with Gasteiger partial charge < -0.3 is 16.0 Å². The highest BCUT2D eigenvalue weighted by atomic mass is 16.1. The Morgan fingerprint density at radius 2 is 2.00 bits per heavy atom. The Labute approximate surface area is 208 Å². The fraction of sp³-hybridized carbons (Fsp3) is 0.276. The number of nitrogens with two attached hydrogens (primary N) is 1. The number of carbonyl (C=O) groups excluding carboxylic acids is 1. The van der Waals surface area contributed by atoms with Crippen LogP contribution in [0.5, 0.6) is 0 Å². The van der Waals surface area contributed by atoms with Gasteiger partial charge in [-0.25, -0.2) is 0 Å². The average Bonchev–Trinajstić information content (AvgIpc) is 2.84. The third-order valence-corrected chi connectivity index (χ3v) is 5.63. The summed E-state index contributed by atoms with van der Waals surface area (Å²) in [4.78, 5) is 18.4. The molecule has 0 aromatic heterocycles. The number of primary amides is 1. The number of hydrogen-bond acceptors (Lipinski definition) is 4. The monoisotopic (exact) mass is 467 g/mol. The number of aryl methyl sites for hydroxylation is 1. The maximum Gasteiger partial charge on any atom is 0.221 e. The molecule has 0 atom stereocenters. The van der Waals surface area contributed by atoms with E-state index in [2.05, 4.69) is 72.8 Å². The summed E-state index contributed by atoms with van der Waals surface area (Å²) in [6, 6.07) is 18.4. The van der Waals surface area contributed by atoms with Gasteiger partial charge in [0.15, 0.2) is 0 Å². The molecule has 0 fully saturated rings. The summed E-state index contributed by atoms with van der Waals surface area (Å²) < 4.78 is 0. The quantitative estimate of drug-likeness (QED) is 0.490. The predicted octanol–water partition coefficient (Wildman–Crippen LogP) is 5.28. The van der Waals surface area contributed by atoms with Crippen LogP contribution < -0.4 is 11.1 Å². The summed E-state index contributed by atoms with van der Waals surface area (Å²) in [5.41, 5.74) is 12.3. The molecule has 3 N–H and O–H groups in total. The number of allylic oxidation sites excluding steroid dienone is 2. The Kier molecular flexibility index (Phi) is 9.02. The van der Waals surface area contributed by atoms with Crippen LogP contribution in [0.15, 0.2) is 77.6 Å². The first-order chi connectivity index (χ1) is 17.0. The molecular formula is C29H33N5O. The molecule has 1 aliphatic heterocycles. The molecule has 1 heterocycles. The SMILES string of the molecule is C/C=C(/c1ccc(C)cc1)N1C=C(c2cccc(CC(N)=O)c2)NC(=NCCC#N)/C1=C\CCC. The van der Waals surface area contributed by atoms with E-state index in [1.807, 2.05) is 31.2 Å². The second-order valence-corrected chi connectivity index (χ2v) is 8.44. The summed E-state index contributed by atoms with van der Waals surface area (Å²) in [5, 5.41) is 12.5. The van der Waals surface area contributed by atoms with Crippen molar-refractivity contribution >= 4 is 23.1 Å². The summed E-state index contributed by atoms with van der Waals surface area (Å²) in [6.45, 7) is 6.66. The van der Waals surface area contributed by atoms with Gasteiger partial charge in [0, 0.05) is 11.9 Å². The molecule has 0 unspecified atom stereocenters. The van der Waals surface area contributed by atoms with Gasteiger partial charge in [0.1, 0.15) is 5.84 Å². The normalized spacial score (nSPS) is 16.1. The van der Waals surface area contributed by atoms with Gasteiger partial charge in [-0.1, -0.05) is 73.5 Å². The Morgan fingerprint density at radius 1 is 1.23 bits per heavy atom. The third kappa shape index (κ3) is 6.70. The van der Waals surface area contributed by atoms with Gasteiger partial charge in [0.25, 0.3) is 0 Å². The van der Waals surface area contributed by atoms with Gasteiger partial charge in [-0.3, -0.25) is 9.79 Å². The highest BCUT2D eigenvalue weighted by Crippen LogP contribution is 2.31. The fourth-order valence-electron chi connectivity index (χ4n) is 3.92. The fourth-order valence-corrected chi connectivity index (χ4v) is 3.92. The van der Waals surface area contributed by atoms with Crippen molar-refractivity contribution in [1.29, 1.82) is 5.26 Å². The van der Waals surface area contributed by atoms with Gasteiger partial charge >= 0.3 is 0 Å². The molecule has 2 aromatic carbocycles. The second-order valence-electron chi connectivity index (χ2n) is 8.44. The Hall–Kier alpha value is -4.11. The zero-order valence-electron chi connectivity index (χ0n) is 20.7. The van der Waals surface area contributed by atoms with E-state index in [0.29, 0.717) is 13.0 Å². The molecule has 3 rings (SSSR count). The minimum Gasteiger partial charge on any atom is -0.369 e. The van der Waals surface area contributed by atoms with Crippen molar-refractivity contribution in [2.75, 3.05) is 6.54 Å². The predicted molar refractivity (Wildman–Crippen MR) is 143 cm³/mol. The number of nitrogens with zero attached hydrogens (tertiary/aromatic N) is 3. The largest absolute Gasteiger partial charge is 0.369 e. The smallest absolute Gasteiger partial charge is 0.221 e. The minimum atomic E-state index is -0.367. The van der Waals surface area contributed by atoms with Crippen LogP contribution in [0.25, 0.3) is 11.4 Å². The molecular weight excluding hydrogens is 434 g/mol. The van der Waals surface area contributed by atoms with Crippen molar-refractivity contribution < 1.29 is 4.79 Å². The Bertz CT molecular complexity index is 1210. The van der Waals surface area contributed by atoms with Gasteiger partial charge in [0.05, 0.1) is 36.8 Å². The molecule has 6 heteroatoms. The topological polar surface area (TPSA) is 94.5 Å². The van der Waals surface area contributed by atoms with Crippen LogP contribution in [0.2, 0.25) is 0 Å². The number of benzene rings is 2. The third-order valence-electron chi connectivity index (χ3n) is 5.63. The average molecular weight is 468 g/mol. The van der Waals surface area contributed by atoms with Crippen molar-refractivity contribution in [1.82, 2.24) is 10.2 Å². The minimum absolute atomic E-state index is 0.180. The van der Waals surface area contributed by atoms with Crippen LogP contribution in [0.1, 0.15) is 55.4 Å². The first-order valence-electron chi connectivity index (χ1n) is 12.0. The van der Waals surface area contributed by atoms with E-state index >= 15 is 0 Å². The Morgan fingerprint density at radius 3 is 2.66 bits per heavy atom. The van der Waals surface area contributed by atoms with E-state index in [-0.39, 0.29) is 12.3 Å². The first kappa shape index (κ1) is 25.5. The highest BCUT2D eigenvalue weighted by molar-refractivity contribution is 6.06. The van der Waals surface area contributed by atoms with Crippen LogP contribution in [0.3, 0.4) is 0 Å². The molecule has 1 amide bonds. The summed E-state index contributed by atoms with van der Waals surface area (Å²) in [5.74, 6) is 0.353. The van der Waals surface area contributed by atoms with E-state index < -0.39 is 0 Å². The van der Waals surface area contributed by atoms with E-state index in [1.54, 1.807) is 0 Å². The number of carbonyl (C=O) groups is 1. The molecule has 1 aliphatic rings. The number of hydrogen-bond donors (Lipinski definition) is 2.